The fraction of sp³-hybridized carbons (Fsp3) is 0.667. The van der Waals surface area contributed by atoms with Gasteiger partial charge in [-0.3, -0.25) is 0 Å². The Kier molecular flexibility index (Phi) is 6.38. The topological polar surface area (TPSA) is 46.5 Å². The van der Waals surface area contributed by atoms with E-state index >= 15 is 0 Å². The Bertz CT molecular complexity index is 152. The van der Waals surface area contributed by atoms with Gasteiger partial charge in [-0.1, -0.05) is 19.9 Å². The van der Waals surface area contributed by atoms with Crippen molar-refractivity contribution in [1.82, 2.24) is 0 Å². The van der Waals surface area contributed by atoms with Crippen LogP contribution in [-0.4, -0.2) is 24.3 Å². The van der Waals surface area contributed by atoms with Crippen LogP contribution in [0.3, 0.4) is 0 Å². The average molecular weight is 172 g/mol. The number of ether oxygens (including phenoxy) is 1. The Hall–Kier alpha value is -0.830. The van der Waals surface area contributed by atoms with Crippen LogP contribution in [0, 0.1) is 0 Å². The van der Waals surface area contributed by atoms with Crippen LogP contribution < -0.4 is 0 Å². The van der Waals surface area contributed by atoms with Gasteiger partial charge in [0.1, 0.15) is 0 Å². The Morgan fingerprint density at radius 1 is 1.50 bits per heavy atom. The maximum absolute atomic E-state index is 10.3. The average Bonchev–Trinajstić information content (AvgIpc) is 2.03. The molecule has 0 heterocycles. The van der Waals surface area contributed by atoms with Crippen LogP contribution in [-0.2, 0) is 9.53 Å². The predicted molar refractivity (Wildman–Crippen MR) is 47.1 cm³/mol. The number of carboxylic acid groups (broad SMARTS) is 1. The number of hydrogen-bond acceptors (Lipinski definition) is 2. The highest BCUT2D eigenvalue weighted by Crippen LogP contribution is 1.98. The SMILES string of the molecule is C=C(CCOCCCC)C(=O)O. The zero-order valence-corrected chi connectivity index (χ0v) is 7.51. The van der Waals surface area contributed by atoms with Crippen LogP contribution in [0.4, 0.5) is 0 Å². The van der Waals surface area contributed by atoms with Crippen molar-refractivity contribution in [2.75, 3.05) is 13.2 Å². The number of rotatable bonds is 7. The van der Waals surface area contributed by atoms with Gasteiger partial charge in [0.15, 0.2) is 0 Å². The Labute approximate surface area is 73.0 Å². The van der Waals surface area contributed by atoms with Crippen molar-refractivity contribution in [2.24, 2.45) is 0 Å². The minimum atomic E-state index is -0.936. The summed E-state index contributed by atoms with van der Waals surface area (Å²) in [6.07, 6.45) is 2.54. The maximum Gasteiger partial charge on any atom is 0.331 e. The van der Waals surface area contributed by atoms with E-state index in [0.717, 1.165) is 12.8 Å². The molecule has 0 saturated carbocycles. The lowest BCUT2D eigenvalue weighted by Crippen LogP contribution is -2.04. The molecule has 0 bridgehead atoms. The first-order valence-electron chi connectivity index (χ1n) is 4.17. The van der Waals surface area contributed by atoms with Gasteiger partial charge in [-0.2, -0.15) is 0 Å². The zero-order chi connectivity index (χ0) is 9.40. The maximum atomic E-state index is 10.3. The summed E-state index contributed by atoms with van der Waals surface area (Å²) in [5.74, 6) is -0.936. The lowest BCUT2D eigenvalue weighted by atomic mass is 10.2. The fourth-order valence-corrected chi connectivity index (χ4v) is 0.651. The van der Waals surface area contributed by atoms with Gasteiger partial charge in [-0.05, 0) is 6.42 Å². The van der Waals surface area contributed by atoms with E-state index in [9.17, 15) is 4.79 Å². The summed E-state index contributed by atoms with van der Waals surface area (Å²) in [5, 5.41) is 8.43. The van der Waals surface area contributed by atoms with Crippen molar-refractivity contribution in [2.45, 2.75) is 26.2 Å². The van der Waals surface area contributed by atoms with Gasteiger partial charge >= 0.3 is 5.97 Å². The molecule has 0 saturated heterocycles. The first kappa shape index (κ1) is 11.2. The molecule has 0 aliphatic rings. The van der Waals surface area contributed by atoms with Crippen LogP contribution in [0.15, 0.2) is 12.2 Å². The summed E-state index contributed by atoms with van der Waals surface area (Å²) in [6.45, 7) is 6.65. The van der Waals surface area contributed by atoms with Crippen LogP contribution in [0.25, 0.3) is 0 Å². The Morgan fingerprint density at radius 3 is 2.67 bits per heavy atom. The van der Waals surface area contributed by atoms with Crippen LogP contribution in [0.1, 0.15) is 26.2 Å². The van der Waals surface area contributed by atoms with Gasteiger partial charge in [0.05, 0.1) is 6.61 Å². The van der Waals surface area contributed by atoms with E-state index in [2.05, 4.69) is 13.5 Å². The molecule has 70 valence electrons. The molecule has 0 aromatic carbocycles. The first-order valence-corrected chi connectivity index (χ1v) is 4.17. The van der Waals surface area contributed by atoms with E-state index in [1.165, 1.54) is 0 Å². The second kappa shape index (κ2) is 6.85. The molecule has 1 N–H and O–H groups in total. The monoisotopic (exact) mass is 172 g/mol. The molecule has 3 nitrogen and oxygen atoms in total. The molecule has 0 aliphatic heterocycles. The summed E-state index contributed by atoms with van der Waals surface area (Å²) in [4.78, 5) is 10.3. The molecule has 0 spiro atoms. The highest BCUT2D eigenvalue weighted by molar-refractivity contribution is 5.85. The predicted octanol–water partition coefficient (Wildman–Crippen LogP) is 1.83. The van der Waals surface area contributed by atoms with E-state index in [4.69, 9.17) is 9.84 Å². The van der Waals surface area contributed by atoms with Crippen LogP contribution >= 0.6 is 0 Å². The smallest absolute Gasteiger partial charge is 0.331 e. The summed E-state index contributed by atoms with van der Waals surface area (Å²) in [5.41, 5.74) is 0.214. The third-order valence-electron chi connectivity index (χ3n) is 1.49. The number of carbonyl (C=O) groups is 1. The molecule has 0 amide bonds. The molecule has 0 atom stereocenters. The van der Waals surface area contributed by atoms with Gasteiger partial charge in [0.25, 0.3) is 0 Å². The van der Waals surface area contributed by atoms with Gasteiger partial charge in [0.2, 0.25) is 0 Å². The molecule has 0 fully saturated rings. The van der Waals surface area contributed by atoms with Gasteiger partial charge in [-0.25, -0.2) is 4.79 Å². The lowest BCUT2D eigenvalue weighted by Gasteiger charge is -2.02. The van der Waals surface area contributed by atoms with E-state index in [0.29, 0.717) is 19.6 Å². The second-order valence-electron chi connectivity index (χ2n) is 2.62. The quantitative estimate of drug-likeness (QED) is 0.470. The summed E-state index contributed by atoms with van der Waals surface area (Å²) >= 11 is 0. The van der Waals surface area contributed by atoms with E-state index in [1.807, 2.05) is 0 Å². The van der Waals surface area contributed by atoms with Gasteiger partial charge in [-0.15, -0.1) is 0 Å². The summed E-state index contributed by atoms with van der Waals surface area (Å²) in [7, 11) is 0. The number of aliphatic carboxylic acids is 1. The molecular formula is C9H16O3. The van der Waals surface area contributed by atoms with Crippen molar-refractivity contribution in [3.63, 3.8) is 0 Å². The first-order chi connectivity index (χ1) is 5.68. The van der Waals surface area contributed by atoms with Gasteiger partial charge < -0.3 is 9.84 Å². The molecule has 0 radical (unpaired) electrons. The van der Waals surface area contributed by atoms with Crippen molar-refractivity contribution in [1.29, 1.82) is 0 Å². The largest absolute Gasteiger partial charge is 0.478 e. The summed E-state index contributed by atoms with van der Waals surface area (Å²) < 4.78 is 5.17. The number of carboxylic acids is 1. The molecule has 0 aliphatic carbocycles. The Morgan fingerprint density at radius 2 is 2.17 bits per heavy atom. The molecule has 12 heavy (non-hydrogen) atoms. The highest BCUT2D eigenvalue weighted by atomic mass is 16.5. The number of unbranched alkanes of at least 4 members (excludes halogenated alkanes) is 1. The van der Waals surface area contributed by atoms with E-state index in [1.54, 1.807) is 0 Å². The fourth-order valence-electron chi connectivity index (χ4n) is 0.651. The molecule has 3 heteroatoms. The van der Waals surface area contributed by atoms with Gasteiger partial charge in [0, 0.05) is 18.6 Å². The normalized spacial score (nSPS) is 9.75. The summed E-state index contributed by atoms with van der Waals surface area (Å²) in [6, 6.07) is 0. The molecular weight excluding hydrogens is 156 g/mol. The Balaban J connectivity index is 3.20. The molecule has 0 aromatic rings. The molecule has 0 unspecified atom stereocenters. The lowest BCUT2D eigenvalue weighted by molar-refractivity contribution is -0.132. The highest BCUT2D eigenvalue weighted by Gasteiger charge is 2.02. The van der Waals surface area contributed by atoms with Crippen molar-refractivity contribution in [3.8, 4) is 0 Å². The van der Waals surface area contributed by atoms with Crippen LogP contribution in [0.5, 0.6) is 0 Å². The number of hydrogen-bond donors (Lipinski definition) is 1. The second-order valence-corrected chi connectivity index (χ2v) is 2.62. The molecule has 0 rings (SSSR count). The van der Waals surface area contributed by atoms with Crippen molar-refractivity contribution in [3.05, 3.63) is 12.2 Å². The minimum Gasteiger partial charge on any atom is -0.478 e. The standard InChI is InChI=1S/C9H16O3/c1-3-4-6-12-7-5-8(2)9(10)11/h2-7H2,1H3,(H,10,11). The third-order valence-corrected chi connectivity index (χ3v) is 1.49. The molecule has 0 aromatic heterocycles. The van der Waals surface area contributed by atoms with E-state index in [-0.39, 0.29) is 5.57 Å². The zero-order valence-electron chi connectivity index (χ0n) is 7.51. The van der Waals surface area contributed by atoms with Crippen LogP contribution in [0.2, 0.25) is 0 Å². The minimum absolute atomic E-state index is 0.214. The van der Waals surface area contributed by atoms with Crippen molar-refractivity contribution < 1.29 is 14.6 Å². The van der Waals surface area contributed by atoms with E-state index < -0.39 is 5.97 Å². The van der Waals surface area contributed by atoms with Crippen molar-refractivity contribution >= 4 is 5.97 Å². The third kappa shape index (κ3) is 5.92.